The second kappa shape index (κ2) is 7.88. The first kappa shape index (κ1) is 18.3. The smallest absolute Gasteiger partial charge is 0.317 e. The van der Waals surface area contributed by atoms with E-state index in [0.29, 0.717) is 39.1 Å². The molecule has 0 radical (unpaired) electrons. The fourth-order valence-electron chi connectivity index (χ4n) is 3.75. The molecule has 2 saturated heterocycles. The van der Waals surface area contributed by atoms with Crippen molar-refractivity contribution in [2.24, 2.45) is 0 Å². The highest BCUT2D eigenvalue weighted by molar-refractivity contribution is 5.96. The zero-order chi connectivity index (χ0) is 19.5. The molecule has 7 heteroatoms. The van der Waals surface area contributed by atoms with Crippen LogP contribution in [0.4, 0.5) is 20.6 Å². The first-order chi connectivity index (χ1) is 13.6. The third kappa shape index (κ3) is 3.93. The van der Waals surface area contributed by atoms with Gasteiger partial charge >= 0.3 is 6.03 Å². The Morgan fingerprint density at radius 3 is 2.29 bits per heavy atom. The van der Waals surface area contributed by atoms with Crippen molar-refractivity contribution in [3.05, 3.63) is 60.4 Å². The van der Waals surface area contributed by atoms with E-state index in [9.17, 15) is 14.0 Å². The number of carbonyl (C=O) groups excluding carboxylic acids is 2. The van der Waals surface area contributed by atoms with E-state index in [0.717, 1.165) is 11.4 Å². The summed E-state index contributed by atoms with van der Waals surface area (Å²) >= 11 is 0. The van der Waals surface area contributed by atoms with Crippen LogP contribution >= 0.6 is 0 Å². The molecule has 0 unspecified atom stereocenters. The number of nitrogens with zero attached hydrogens (tertiary/aromatic N) is 3. The third-order valence-corrected chi connectivity index (χ3v) is 5.28. The lowest BCUT2D eigenvalue weighted by molar-refractivity contribution is -0.117. The lowest BCUT2D eigenvalue weighted by Crippen LogP contribution is -2.53. The first-order valence-electron chi connectivity index (χ1n) is 9.51. The number of benzene rings is 2. The Morgan fingerprint density at radius 1 is 0.929 bits per heavy atom. The third-order valence-electron chi connectivity index (χ3n) is 5.28. The maximum Gasteiger partial charge on any atom is 0.317 e. The van der Waals surface area contributed by atoms with E-state index in [1.807, 2.05) is 30.3 Å². The summed E-state index contributed by atoms with van der Waals surface area (Å²) in [6, 6.07) is 15.6. The van der Waals surface area contributed by atoms with Crippen molar-refractivity contribution in [3.8, 4) is 0 Å². The lowest BCUT2D eigenvalue weighted by atomic mass is 10.2. The Morgan fingerprint density at radius 2 is 1.61 bits per heavy atom. The first-order valence-corrected chi connectivity index (χ1v) is 9.51. The minimum absolute atomic E-state index is 0.0256. The Bertz CT molecular complexity index is 835. The molecule has 0 aromatic heterocycles. The van der Waals surface area contributed by atoms with Gasteiger partial charge in [-0.25, -0.2) is 9.18 Å². The zero-order valence-electron chi connectivity index (χ0n) is 15.6. The molecule has 2 aromatic rings. The molecular formula is C21H23FN4O2. The van der Waals surface area contributed by atoms with E-state index < -0.39 is 0 Å². The van der Waals surface area contributed by atoms with Gasteiger partial charge in [0.25, 0.3) is 0 Å². The number of urea groups is 1. The second-order valence-electron chi connectivity index (χ2n) is 7.14. The molecule has 2 aromatic carbocycles. The highest BCUT2D eigenvalue weighted by atomic mass is 19.1. The number of anilines is 2. The van der Waals surface area contributed by atoms with Crippen LogP contribution in [0.15, 0.2) is 54.6 Å². The van der Waals surface area contributed by atoms with Crippen LogP contribution in [0, 0.1) is 5.82 Å². The molecule has 4 rings (SSSR count). The molecule has 0 aliphatic carbocycles. The summed E-state index contributed by atoms with van der Waals surface area (Å²) in [7, 11) is 0. The number of nitrogens with one attached hydrogen (secondary N) is 1. The monoisotopic (exact) mass is 382 g/mol. The normalized spacial score (nSPS) is 19.8. The van der Waals surface area contributed by atoms with Gasteiger partial charge in [0.2, 0.25) is 5.91 Å². The van der Waals surface area contributed by atoms with Crippen LogP contribution < -0.4 is 15.1 Å². The van der Waals surface area contributed by atoms with Crippen LogP contribution in [0.25, 0.3) is 0 Å². The number of piperazine rings is 1. The van der Waals surface area contributed by atoms with Crippen LogP contribution in [-0.4, -0.2) is 55.6 Å². The molecular weight excluding hydrogens is 359 g/mol. The Balaban J connectivity index is 1.29. The molecule has 1 N–H and O–H groups in total. The van der Waals surface area contributed by atoms with Crippen LogP contribution in [0.2, 0.25) is 0 Å². The predicted octanol–water partition coefficient (Wildman–Crippen LogP) is 2.46. The summed E-state index contributed by atoms with van der Waals surface area (Å²) in [5.74, 6) is -0.227. The molecule has 2 aliphatic rings. The van der Waals surface area contributed by atoms with Crippen LogP contribution in [0.3, 0.4) is 0 Å². The van der Waals surface area contributed by atoms with Gasteiger partial charge in [-0.3, -0.25) is 4.79 Å². The number of rotatable bonds is 3. The number of para-hydroxylation sites is 1. The van der Waals surface area contributed by atoms with Gasteiger partial charge in [-0.2, -0.15) is 0 Å². The van der Waals surface area contributed by atoms with Crippen LogP contribution in [-0.2, 0) is 4.79 Å². The Labute approximate surface area is 163 Å². The number of amides is 3. The van der Waals surface area contributed by atoms with E-state index in [4.69, 9.17) is 0 Å². The van der Waals surface area contributed by atoms with Crippen LogP contribution in [0.1, 0.15) is 6.42 Å². The van der Waals surface area contributed by atoms with Gasteiger partial charge in [0.05, 0.1) is 6.04 Å². The molecule has 0 spiro atoms. The second-order valence-corrected chi connectivity index (χ2v) is 7.14. The summed E-state index contributed by atoms with van der Waals surface area (Å²) in [6.07, 6.45) is 0.316. The van der Waals surface area contributed by atoms with Crippen molar-refractivity contribution in [1.29, 1.82) is 0 Å². The van der Waals surface area contributed by atoms with Crippen molar-refractivity contribution >= 4 is 23.3 Å². The average molecular weight is 382 g/mol. The van der Waals surface area contributed by atoms with E-state index in [1.165, 1.54) is 12.1 Å². The van der Waals surface area contributed by atoms with Crippen LogP contribution in [0.5, 0.6) is 0 Å². The molecule has 6 nitrogen and oxygen atoms in total. The molecule has 146 valence electrons. The highest BCUT2D eigenvalue weighted by Crippen LogP contribution is 2.21. The van der Waals surface area contributed by atoms with Gasteiger partial charge in [0.1, 0.15) is 5.82 Å². The summed E-state index contributed by atoms with van der Waals surface area (Å²) in [5, 5.41) is 3.00. The maximum absolute atomic E-state index is 13.1. The van der Waals surface area contributed by atoms with Crippen molar-refractivity contribution < 1.29 is 14.0 Å². The predicted molar refractivity (Wildman–Crippen MR) is 106 cm³/mol. The number of hydrogen-bond acceptors (Lipinski definition) is 3. The molecule has 2 fully saturated rings. The van der Waals surface area contributed by atoms with E-state index in [2.05, 4.69) is 10.2 Å². The summed E-state index contributed by atoms with van der Waals surface area (Å²) in [5.41, 5.74) is 1.82. The highest BCUT2D eigenvalue weighted by Gasteiger charge is 2.33. The average Bonchev–Trinajstić information content (AvgIpc) is 3.09. The minimum Gasteiger partial charge on any atom is -0.368 e. The van der Waals surface area contributed by atoms with Gasteiger partial charge in [0.15, 0.2) is 0 Å². The Hall–Kier alpha value is -3.09. The number of hydrogen-bond donors (Lipinski definition) is 1. The fraction of sp³-hybridized carbons (Fsp3) is 0.333. The topological polar surface area (TPSA) is 55.9 Å². The van der Waals surface area contributed by atoms with Crippen molar-refractivity contribution in [3.63, 3.8) is 0 Å². The van der Waals surface area contributed by atoms with Gasteiger partial charge in [-0.1, -0.05) is 18.2 Å². The largest absolute Gasteiger partial charge is 0.368 e. The molecule has 2 heterocycles. The standard InChI is InChI=1S/C21H23FN4O2/c22-16-6-8-18(9-7-16)24-10-12-25(13-11-24)21(28)23-17-14-20(27)26(15-17)19-4-2-1-3-5-19/h1-9,17H,10-15H2,(H,23,28)/t17-/m0/s1. The minimum atomic E-state index is -0.252. The van der Waals surface area contributed by atoms with Gasteiger partial charge < -0.3 is 20.0 Å². The van der Waals surface area contributed by atoms with Crippen molar-refractivity contribution in [1.82, 2.24) is 10.2 Å². The molecule has 3 amide bonds. The fourth-order valence-corrected chi connectivity index (χ4v) is 3.75. The summed E-state index contributed by atoms with van der Waals surface area (Å²) in [4.78, 5) is 30.5. The zero-order valence-corrected chi connectivity index (χ0v) is 15.6. The molecule has 0 bridgehead atoms. The molecule has 1 atom stereocenters. The maximum atomic E-state index is 13.1. The quantitative estimate of drug-likeness (QED) is 0.887. The number of carbonyl (C=O) groups is 2. The Kier molecular flexibility index (Phi) is 5.14. The van der Waals surface area contributed by atoms with E-state index in [1.54, 1.807) is 21.9 Å². The summed E-state index contributed by atoms with van der Waals surface area (Å²) < 4.78 is 13.1. The van der Waals surface area contributed by atoms with Crippen molar-refractivity contribution in [2.75, 3.05) is 42.5 Å². The lowest BCUT2D eigenvalue weighted by Gasteiger charge is -2.36. The van der Waals surface area contributed by atoms with Gasteiger partial charge in [-0.15, -0.1) is 0 Å². The van der Waals surface area contributed by atoms with Crippen molar-refractivity contribution in [2.45, 2.75) is 12.5 Å². The molecule has 28 heavy (non-hydrogen) atoms. The summed E-state index contributed by atoms with van der Waals surface area (Å²) in [6.45, 7) is 3.06. The van der Waals surface area contributed by atoms with E-state index >= 15 is 0 Å². The van der Waals surface area contributed by atoms with Gasteiger partial charge in [0, 0.05) is 50.5 Å². The SMILES string of the molecule is O=C(N[C@H]1CC(=O)N(c2ccccc2)C1)N1CCN(c2ccc(F)cc2)CC1. The van der Waals surface area contributed by atoms with Gasteiger partial charge in [-0.05, 0) is 36.4 Å². The molecule has 2 aliphatic heterocycles. The molecule has 0 saturated carbocycles. The van der Waals surface area contributed by atoms with E-state index in [-0.39, 0.29) is 23.8 Å². The number of halogens is 1.